The molecule has 1 aromatic carbocycles. The fourth-order valence-electron chi connectivity index (χ4n) is 2.99. The third kappa shape index (κ3) is 5.08. The molecule has 3 rings (SSSR count). The monoisotopic (exact) mass is 427 g/mol. The molecule has 27 heavy (non-hydrogen) atoms. The first-order chi connectivity index (χ1) is 12.9. The van der Waals surface area contributed by atoms with Gasteiger partial charge in [0, 0.05) is 44.8 Å². The van der Waals surface area contributed by atoms with Crippen molar-refractivity contribution in [3.63, 3.8) is 0 Å². The Kier molecular flexibility index (Phi) is 6.54. The van der Waals surface area contributed by atoms with E-state index in [-0.39, 0.29) is 16.7 Å². The van der Waals surface area contributed by atoms with Crippen molar-refractivity contribution in [2.45, 2.75) is 10.8 Å². The topological polar surface area (TPSA) is 60.9 Å². The number of likely N-dealkylation sites (N-methyl/N-ethyl adjacent to an activating group) is 1. The van der Waals surface area contributed by atoms with E-state index in [9.17, 15) is 13.2 Å². The van der Waals surface area contributed by atoms with Gasteiger partial charge in [-0.25, -0.2) is 8.42 Å². The normalized spacial score (nSPS) is 16.0. The summed E-state index contributed by atoms with van der Waals surface area (Å²) >= 11 is 7.18. The second-order valence-electron chi connectivity index (χ2n) is 6.48. The molecule has 0 unspecified atom stereocenters. The maximum atomic E-state index is 12.5. The van der Waals surface area contributed by atoms with Gasteiger partial charge in [0.1, 0.15) is 4.21 Å². The highest BCUT2D eigenvalue weighted by Gasteiger charge is 2.27. The van der Waals surface area contributed by atoms with Crippen molar-refractivity contribution in [3.05, 3.63) is 52.4 Å². The van der Waals surface area contributed by atoms with E-state index in [0.29, 0.717) is 13.1 Å². The molecule has 1 aliphatic heterocycles. The Bertz CT molecular complexity index is 879. The molecule has 0 aliphatic carbocycles. The zero-order valence-corrected chi connectivity index (χ0v) is 17.4. The fourth-order valence-corrected chi connectivity index (χ4v) is 5.52. The van der Waals surface area contributed by atoms with Crippen LogP contribution in [0.4, 0.5) is 0 Å². The van der Waals surface area contributed by atoms with Crippen LogP contribution < -0.4 is 0 Å². The van der Waals surface area contributed by atoms with Crippen LogP contribution in [0.5, 0.6) is 0 Å². The van der Waals surface area contributed by atoms with Crippen molar-refractivity contribution < 1.29 is 13.2 Å². The van der Waals surface area contributed by atoms with Crippen LogP contribution in [-0.4, -0.2) is 68.2 Å². The SMILES string of the molecule is CN(CC(=O)N1CCN(Cc2cccc(Cl)c2)CC1)S(=O)(=O)c1cccs1. The zero-order valence-electron chi connectivity index (χ0n) is 15.0. The largest absolute Gasteiger partial charge is 0.339 e. The summed E-state index contributed by atoms with van der Waals surface area (Å²) in [6.45, 7) is 3.32. The van der Waals surface area contributed by atoms with Crippen LogP contribution in [0.15, 0.2) is 46.0 Å². The number of nitrogens with zero attached hydrogens (tertiary/aromatic N) is 3. The highest BCUT2D eigenvalue weighted by atomic mass is 35.5. The van der Waals surface area contributed by atoms with Crippen molar-refractivity contribution in [1.82, 2.24) is 14.1 Å². The predicted octanol–water partition coefficient (Wildman–Crippen LogP) is 2.37. The minimum atomic E-state index is -3.60. The molecule has 9 heteroatoms. The van der Waals surface area contributed by atoms with Crippen molar-refractivity contribution in [3.8, 4) is 0 Å². The second-order valence-corrected chi connectivity index (χ2v) is 10.1. The quantitative estimate of drug-likeness (QED) is 0.710. The molecule has 1 fully saturated rings. The maximum absolute atomic E-state index is 12.5. The van der Waals surface area contributed by atoms with E-state index < -0.39 is 10.0 Å². The number of hydrogen-bond donors (Lipinski definition) is 0. The second kappa shape index (κ2) is 8.70. The molecule has 1 saturated heterocycles. The highest BCUT2D eigenvalue weighted by molar-refractivity contribution is 7.91. The number of amides is 1. The molecule has 0 atom stereocenters. The van der Waals surface area contributed by atoms with Gasteiger partial charge >= 0.3 is 0 Å². The molecule has 1 amide bonds. The van der Waals surface area contributed by atoms with E-state index in [1.807, 2.05) is 24.3 Å². The van der Waals surface area contributed by atoms with E-state index in [1.54, 1.807) is 22.4 Å². The average molecular weight is 428 g/mol. The van der Waals surface area contributed by atoms with Gasteiger partial charge in [-0.05, 0) is 29.1 Å². The average Bonchev–Trinajstić information content (AvgIpc) is 3.18. The number of sulfonamides is 1. The van der Waals surface area contributed by atoms with Crippen LogP contribution in [0.2, 0.25) is 5.02 Å². The lowest BCUT2D eigenvalue weighted by Gasteiger charge is -2.35. The Balaban J connectivity index is 1.51. The van der Waals surface area contributed by atoms with Crippen molar-refractivity contribution in [1.29, 1.82) is 0 Å². The number of thiophene rings is 1. The lowest BCUT2D eigenvalue weighted by atomic mass is 10.2. The summed E-state index contributed by atoms with van der Waals surface area (Å²) in [4.78, 5) is 16.5. The van der Waals surface area contributed by atoms with Crippen LogP contribution in [0.3, 0.4) is 0 Å². The third-order valence-corrected chi connectivity index (χ3v) is 7.95. The predicted molar refractivity (Wildman–Crippen MR) is 107 cm³/mol. The number of rotatable bonds is 6. The molecule has 0 N–H and O–H groups in total. The van der Waals surface area contributed by atoms with E-state index in [2.05, 4.69) is 4.90 Å². The van der Waals surface area contributed by atoms with Gasteiger partial charge in [-0.3, -0.25) is 9.69 Å². The van der Waals surface area contributed by atoms with Gasteiger partial charge in [0.2, 0.25) is 5.91 Å². The molecule has 1 aliphatic rings. The standard InChI is InChI=1S/C18H22ClN3O3S2/c1-20(27(24,25)18-6-3-11-26-18)14-17(23)22-9-7-21(8-10-22)13-15-4-2-5-16(19)12-15/h2-6,11-12H,7-10,13-14H2,1H3. The third-order valence-electron chi connectivity index (χ3n) is 4.54. The molecule has 0 saturated carbocycles. The number of piperazine rings is 1. The van der Waals surface area contributed by atoms with Crippen molar-refractivity contribution in [2.24, 2.45) is 0 Å². The Hall–Kier alpha value is -1.45. The van der Waals surface area contributed by atoms with Crippen molar-refractivity contribution >= 4 is 38.9 Å². The Labute approximate surface area is 169 Å². The molecule has 2 heterocycles. The maximum Gasteiger partial charge on any atom is 0.252 e. The number of carbonyl (C=O) groups is 1. The van der Waals surface area contributed by atoms with Gasteiger partial charge < -0.3 is 4.90 Å². The minimum Gasteiger partial charge on any atom is -0.339 e. The number of benzene rings is 1. The van der Waals surface area contributed by atoms with Crippen LogP contribution in [0.1, 0.15) is 5.56 Å². The molecule has 146 valence electrons. The molecule has 0 bridgehead atoms. The Morgan fingerprint density at radius 1 is 1.19 bits per heavy atom. The highest BCUT2D eigenvalue weighted by Crippen LogP contribution is 2.20. The van der Waals surface area contributed by atoms with Gasteiger partial charge in [-0.1, -0.05) is 29.8 Å². The number of carbonyl (C=O) groups excluding carboxylic acids is 1. The summed E-state index contributed by atoms with van der Waals surface area (Å²) in [6.07, 6.45) is 0. The van der Waals surface area contributed by atoms with Gasteiger partial charge in [0.05, 0.1) is 6.54 Å². The van der Waals surface area contributed by atoms with E-state index in [4.69, 9.17) is 11.6 Å². The van der Waals surface area contributed by atoms with E-state index in [0.717, 1.165) is 45.9 Å². The van der Waals surface area contributed by atoms with E-state index >= 15 is 0 Å². The Morgan fingerprint density at radius 3 is 2.56 bits per heavy atom. The Morgan fingerprint density at radius 2 is 1.93 bits per heavy atom. The summed E-state index contributed by atoms with van der Waals surface area (Å²) in [5.41, 5.74) is 1.14. The van der Waals surface area contributed by atoms with Gasteiger partial charge in [0.15, 0.2) is 0 Å². The van der Waals surface area contributed by atoms with E-state index in [1.165, 1.54) is 7.05 Å². The van der Waals surface area contributed by atoms with Crippen LogP contribution in [0, 0.1) is 0 Å². The fraction of sp³-hybridized carbons (Fsp3) is 0.389. The summed E-state index contributed by atoms with van der Waals surface area (Å²) < 4.78 is 26.3. The molecular weight excluding hydrogens is 406 g/mol. The van der Waals surface area contributed by atoms with Crippen molar-refractivity contribution in [2.75, 3.05) is 39.8 Å². The number of hydrogen-bond acceptors (Lipinski definition) is 5. The molecule has 0 radical (unpaired) electrons. The first-order valence-electron chi connectivity index (χ1n) is 8.60. The molecule has 1 aromatic heterocycles. The summed E-state index contributed by atoms with van der Waals surface area (Å²) in [5.74, 6) is -0.167. The number of halogens is 1. The summed E-state index contributed by atoms with van der Waals surface area (Å²) in [7, 11) is -2.16. The molecule has 0 spiro atoms. The van der Waals surface area contributed by atoms with Gasteiger partial charge in [-0.2, -0.15) is 4.31 Å². The smallest absolute Gasteiger partial charge is 0.252 e. The summed E-state index contributed by atoms with van der Waals surface area (Å²) in [5, 5.41) is 2.43. The zero-order chi connectivity index (χ0) is 19.4. The summed E-state index contributed by atoms with van der Waals surface area (Å²) in [6, 6.07) is 11.0. The van der Waals surface area contributed by atoms with Gasteiger partial charge in [-0.15, -0.1) is 11.3 Å². The molecular formula is C18H22ClN3O3S2. The lowest BCUT2D eigenvalue weighted by Crippen LogP contribution is -2.51. The van der Waals surface area contributed by atoms with Crippen LogP contribution in [0.25, 0.3) is 0 Å². The minimum absolute atomic E-state index is 0.144. The van der Waals surface area contributed by atoms with Gasteiger partial charge in [0.25, 0.3) is 10.0 Å². The van der Waals surface area contributed by atoms with Crippen LogP contribution in [-0.2, 0) is 21.4 Å². The first-order valence-corrected chi connectivity index (χ1v) is 11.3. The van der Waals surface area contributed by atoms with Crippen LogP contribution >= 0.6 is 22.9 Å². The lowest BCUT2D eigenvalue weighted by molar-refractivity contribution is -0.133. The molecule has 6 nitrogen and oxygen atoms in total. The molecule has 2 aromatic rings. The first kappa shape index (κ1) is 20.3.